The Morgan fingerprint density at radius 2 is 1.89 bits per heavy atom. The second kappa shape index (κ2) is 7.85. The van der Waals surface area contributed by atoms with Crippen LogP contribution in [-0.2, 0) is 6.67 Å². The van der Waals surface area contributed by atoms with Crippen LogP contribution >= 0.6 is 12.2 Å². The Balaban J connectivity index is 1.40. The number of nitrogens with zero attached hydrogens (tertiary/aromatic N) is 6. The lowest BCUT2D eigenvalue weighted by Crippen LogP contribution is -2.47. The van der Waals surface area contributed by atoms with Crippen LogP contribution in [0.3, 0.4) is 0 Å². The molecule has 1 saturated heterocycles. The van der Waals surface area contributed by atoms with Crippen LogP contribution in [0.5, 0.6) is 5.75 Å². The molecular formula is C18H21N7OS. The normalized spacial score (nSPS) is 15.1. The molecule has 3 aromatic rings. The third-order valence-electron chi connectivity index (χ3n) is 4.63. The summed E-state index contributed by atoms with van der Waals surface area (Å²) in [4.78, 5) is 17.6. The van der Waals surface area contributed by atoms with Crippen molar-refractivity contribution in [2.24, 2.45) is 0 Å². The van der Waals surface area contributed by atoms with E-state index in [4.69, 9.17) is 17.0 Å². The standard InChI is InChI=1S/C18H21N7OS/c1-26-15-4-2-14(3-5-15)17-21-18(27)25(22-17)13-23-8-10-24(11-9-23)16-12-19-6-7-20-16/h2-7,12H,8-11,13H2,1H3,(H,21,22,27). The summed E-state index contributed by atoms with van der Waals surface area (Å²) in [5.74, 6) is 2.51. The Labute approximate surface area is 162 Å². The summed E-state index contributed by atoms with van der Waals surface area (Å²) < 4.78 is 7.66. The summed E-state index contributed by atoms with van der Waals surface area (Å²) in [7, 11) is 1.65. The van der Waals surface area contributed by atoms with E-state index in [2.05, 4.69) is 29.9 Å². The molecule has 0 atom stereocenters. The zero-order valence-electron chi connectivity index (χ0n) is 15.1. The molecule has 27 heavy (non-hydrogen) atoms. The fourth-order valence-corrected chi connectivity index (χ4v) is 3.30. The van der Waals surface area contributed by atoms with Crippen LogP contribution in [0.4, 0.5) is 5.82 Å². The van der Waals surface area contributed by atoms with Crippen molar-refractivity contribution in [3.63, 3.8) is 0 Å². The summed E-state index contributed by atoms with van der Waals surface area (Å²) in [6.07, 6.45) is 5.23. The molecule has 0 amide bonds. The second-order valence-electron chi connectivity index (χ2n) is 6.32. The van der Waals surface area contributed by atoms with E-state index in [9.17, 15) is 0 Å². The van der Waals surface area contributed by atoms with Gasteiger partial charge in [-0.25, -0.2) is 9.67 Å². The van der Waals surface area contributed by atoms with E-state index in [0.29, 0.717) is 11.4 Å². The van der Waals surface area contributed by atoms with Gasteiger partial charge in [0.2, 0.25) is 4.77 Å². The van der Waals surface area contributed by atoms with Gasteiger partial charge in [-0.05, 0) is 36.5 Å². The summed E-state index contributed by atoms with van der Waals surface area (Å²) >= 11 is 5.43. The van der Waals surface area contributed by atoms with Crippen LogP contribution in [0.15, 0.2) is 42.9 Å². The maximum Gasteiger partial charge on any atom is 0.217 e. The fourth-order valence-electron chi connectivity index (χ4n) is 3.10. The van der Waals surface area contributed by atoms with E-state index < -0.39 is 0 Å². The Bertz CT molecular complexity index is 930. The molecule has 1 fully saturated rings. The summed E-state index contributed by atoms with van der Waals surface area (Å²) in [6.45, 7) is 4.36. The molecule has 9 heteroatoms. The van der Waals surface area contributed by atoms with E-state index in [1.54, 1.807) is 19.5 Å². The number of hydrogen-bond acceptors (Lipinski definition) is 7. The molecule has 1 aromatic carbocycles. The van der Waals surface area contributed by atoms with E-state index in [1.165, 1.54) is 0 Å². The number of aromatic nitrogens is 5. The molecule has 3 heterocycles. The van der Waals surface area contributed by atoms with E-state index in [-0.39, 0.29) is 0 Å². The largest absolute Gasteiger partial charge is 0.497 e. The van der Waals surface area contributed by atoms with Crippen molar-refractivity contribution in [3.8, 4) is 17.1 Å². The molecule has 140 valence electrons. The molecule has 8 nitrogen and oxygen atoms in total. The highest BCUT2D eigenvalue weighted by atomic mass is 32.1. The number of nitrogens with one attached hydrogen (secondary N) is 1. The molecule has 0 aliphatic carbocycles. The van der Waals surface area contributed by atoms with Gasteiger partial charge in [-0.3, -0.25) is 15.0 Å². The van der Waals surface area contributed by atoms with Crippen molar-refractivity contribution in [1.29, 1.82) is 0 Å². The molecule has 1 N–H and O–H groups in total. The highest BCUT2D eigenvalue weighted by Gasteiger charge is 2.19. The van der Waals surface area contributed by atoms with Gasteiger partial charge in [0.25, 0.3) is 0 Å². The minimum atomic E-state index is 0.553. The molecule has 0 radical (unpaired) electrons. The molecule has 0 spiro atoms. The van der Waals surface area contributed by atoms with Gasteiger partial charge in [0.15, 0.2) is 5.82 Å². The number of ether oxygens (including phenoxy) is 1. The van der Waals surface area contributed by atoms with Gasteiger partial charge in [0.1, 0.15) is 11.6 Å². The van der Waals surface area contributed by atoms with E-state index >= 15 is 0 Å². The van der Waals surface area contributed by atoms with Crippen molar-refractivity contribution >= 4 is 18.0 Å². The second-order valence-corrected chi connectivity index (χ2v) is 6.69. The van der Waals surface area contributed by atoms with Gasteiger partial charge in [-0.15, -0.1) is 0 Å². The van der Waals surface area contributed by atoms with Crippen LogP contribution in [-0.4, -0.2) is 62.9 Å². The predicted octanol–water partition coefficient (Wildman–Crippen LogP) is 2.19. The highest BCUT2D eigenvalue weighted by Crippen LogP contribution is 2.19. The minimum Gasteiger partial charge on any atom is -0.497 e. The molecular weight excluding hydrogens is 362 g/mol. The first-order valence-electron chi connectivity index (χ1n) is 8.77. The third kappa shape index (κ3) is 3.99. The van der Waals surface area contributed by atoms with Crippen LogP contribution < -0.4 is 9.64 Å². The van der Waals surface area contributed by atoms with Gasteiger partial charge < -0.3 is 9.64 Å². The lowest BCUT2D eigenvalue weighted by molar-refractivity contribution is 0.194. The summed E-state index contributed by atoms with van der Waals surface area (Å²) in [5, 5.41) is 3.31. The van der Waals surface area contributed by atoms with Crippen molar-refractivity contribution < 1.29 is 4.74 Å². The minimum absolute atomic E-state index is 0.553. The average Bonchev–Trinajstić information content (AvgIpc) is 3.09. The van der Waals surface area contributed by atoms with E-state index in [0.717, 1.165) is 49.1 Å². The Hall–Kier alpha value is -2.78. The number of anilines is 1. The average molecular weight is 383 g/mol. The fraction of sp³-hybridized carbons (Fsp3) is 0.333. The van der Waals surface area contributed by atoms with Gasteiger partial charge in [0.05, 0.1) is 20.0 Å². The summed E-state index contributed by atoms with van der Waals surface area (Å²) in [5.41, 5.74) is 0.980. The van der Waals surface area contributed by atoms with Crippen molar-refractivity contribution in [2.75, 3.05) is 38.2 Å². The molecule has 0 bridgehead atoms. The molecule has 1 aliphatic heterocycles. The van der Waals surface area contributed by atoms with Crippen LogP contribution in [0.1, 0.15) is 0 Å². The zero-order chi connectivity index (χ0) is 18.6. The number of hydrogen-bond donors (Lipinski definition) is 1. The van der Waals surface area contributed by atoms with Gasteiger partial charge in [0, 0.05) is 44.1 Å². The maximum atomic E-state index is 5.43. The van der Waals surface area contributed by atoms with E-state index in [1.807, 2.05) is 35.1 Å². The van der Waals surface area contributed by atoms with Crippen molar-refractivity contribution in [2.45, 2.75) is 6.67 Å². The molecule has 0 unspecified atom stereocenters. The topological polar surface area (TPSA) is 75.1 Å². The molecule has 2 aromatic heterocycles. The Morgan fingerprint density at radius 1 is 1.11 bits per heavy atom. The first kappa shape index (κ1) is 17.6. The third-order valence-corrected chi connectivity index (χ3v) is 4.94. The molecule has 4 rings (SSSR count). The monoisotopic (exact) mass is 383 g/mol. The molecule has 0 saturated carbocycles. The Kier molecular flexibility index (Phi) is 5.12. The number of aromatic amines is 1. The number of methoxy groups -OCH3 is 1. The van der Waals surface area contributed by atoms with Gasteiger partial charge in [-0.2, -0.15) is 4.98 Å². The predicted molar refractivity (Wildman–Crippen MR) is 105 cm³/mol. The number of H-pyrrole nitrogens is 1. The lowest BCUT2D eigenvalue weighted by atomic mass is 10.2. The quantitative estimate of drug-likeness (QED) is 0.677. The smallest absolute Gasteiger partial charge is 0.217 e. The number of rotatable bonds is 5. The van der Waals surface area contributed by atoms with Crippen LogP contribution in [0, 0.1) is 4.77 Å². The first-order valence-corrected chi connectivity index (χ1v) is 9.18. The SMILES string of the molecule is COc1ccc(-c2nc(=S)n(CN3CCN(c4cnccn4)CC3)[nH]2)cc1. The van der Waals surface area contributed by atoms with Crippen molar-refractivity contribution in [3.05, 3.63) is 47.6 Å². The van der Waals surface area contributed by atoms with Gasteiger partial charge in [-0.1, -0.05) is 0 Å². The maximum absolute atomic E-state index is 5.43. The number of benzene rings is 1. The zero-order valence-corrected chi connectivity index (χ0v) is 15.9. The van der Waals surface area contributed by atoms with Crippen LogP contribution in [0.25, 0.3) is 11.4 Å². The summed E-state index contributed by atoms with van der Waals surface area (Å²) in [6, 6.07) is 7.76. The lowest BCUT2D eigenvalue weighted by Gasteiger charge is -2.34. The van der Waals surface area contributed by atoms with Crippen molar-refractivity contribution in [1.82, 2.24) is 29.6 Å². The van der Waals surface area contributed by atoms with Crippen LogP contribution in [0.2, 0.25) is 0 Å². The van der Waals surface area contributed by atoms with Gasteiger partial charge >= 0.3 is 0 Å². The Morgan fingerprint density at radius 3 is 2.56 bits per heavy atom. The first-order chi connectivity index (χ1) is 13.2. The molecule has 1 aliphatic rings. The number of piperazine rings is 1. The highest BCUT2D eigenvalue weighted by molar-refractivity contribution is 7.71.